The minimum Gasteiger partial charge on any atom is -0.391 e. The average molecular weight is 294 g/mol. The van der Waals surface area contributed by atoms with Crippen molar-refractivity contribution in [1.29, 1.82) is 0 Å². The number of likely N-dealkylation sites (N-methyl/N-ethyl adjacent to an activating group) is 1. The standard InChI is InChI=1S/C14H22N4O3/c1-17(11-6-2-3-8-13(11)19)9-10-5-4-7-12(18(20)21)14(10)16-15/h4-5,7,11,13,16,19H,2-3,6,8-9,15H2,1H3. The van der Waals surface area contributed by atoms with Crippen molar-refractivity contribution in [2.75, 3.05) is 12.5 Å². The fourth-order valence-corrected chi connectivity index (χ4v) is 3.03. The molecule has 0 aliphatic heterocycles. The maximum Gasteiger partial charge on any atom is 0.293 e. The van der Waals surface area contributed by atoms with E-state index in [0.717, 1.165) is 31.2 Å². The maximum absolute atomic E-state index is 11.0. The SMILES string of the molecule is CN(Cc1cccc([N+](=O)[O-])c1NN)C1CCCCC1O. The van der Waals surface area contributed by atoms with Gasteiger partial charge in [0.2, 0.25) is 0 Å². The first kappa shape index (κ1) is 15.7. The van der Waals surface area contributed by atoms with Crippen LogP contribution in [0.2, 0.25) is 0 Å². The molecule has 0 spiro atoms. The Bertz CT molecular complexity index is 509. The topological polar surface area (TPSA) is 105 Å². The zero-order valence-electron chi connectivity index (χ0n) is 12.2. The molecule has 2 rings (SSSR count). The number of aliphatic hydroxyl groups is 1. The molecule has 0 radical (unpaired) electrons. The van der Waals surface area contributed by atoms with Crippen molar-refractivity contribution in [2.24, 2.45) is 5.84 Å². The van der Waals surface area contributed by atoms with Gasteiger partial charge in [-0.05, 0) is 25.5 Å². The number of hydrogen-bond acceptors (Lipinski definition) is 6. The Kier molecular flexibility index (Phi) is 5.11. The van der Waals surface area contributed by atoms with Crippen LogP contribution in [0, 0.1) is 10.1 Å². The van der Waals surface area contributed by atoms with Gasteiger partial charge in [0, 0.05) is 18.7 Å². The predicted octanol–water partition coefficient (Wildman–Crippen LogP) is 1.62. The molecule has 1 aromatic carbocycles. The highest BCUT2D eigenvalue weighted by atomic mass is 16.6. The fourth-order valence-electron chi connectivity index (χ4n) is 3.03. The summed E-state index contributed by atoms with van der Waals surface area (Å²) in [6.07, 6.45) is 3.57. The predicted molar refractivity (Wildman–Crippen MR) is 80.6 cm³/mol. The number of aliphatic hydroxyl groups excluding tert-OH is 1. The minimum absolute atomic E-state index is 0.0346. The Morgan fingerprint density at radius 2 is 2.19 bits per heavy atom. The summed E-state index contributed by atoms with van der Waals surface area (Å²) in [6.45, 7) is 0.503. The third-order valence-electron chi connectivity index (χ3n) is 4.15. The van der Waals surface area contributed by atoms with Gasteiger partial charge < -0.3 is 10.5 Å². The van der Waals surface area contributed by atoms with E-state index in [-0.39, 0.29) is 17.8 Å². The van der Waals surface area contributed by atoms with E-state index in [1.807, 2.05) is 18.0 Å². The molecule has 0 saturated heterocycles. The van der Waals surface area contributed by atoms with Crippen LogP contribution in [0.1, 0.15) is 31.2 Å². The molecule has 0 heterocycles. The van der Waals surface area contributed by atoms with Gasteiger partial charge in [0.25, 0.3) is 5.69 Å². The van der Waals surface area contributed by atoms with Crippen LogP contribution in [0.5, 0.6) is 0 Å². The van der Waals surface area contributed by atoms with Crippen LogP contribution in [-0.4, -0.2) is 34.1 Å². The third kappa shape index (κ3) is 3.49. The highest BCUT2D eigenvalue weighted by molar-refractivity contribution is 5.65. The van der Waals surface area contributed by atoms with E-state index in [1.54, 1.807) is 6.07 Å². The second-order valence-electron chi connectivity index (χ2n) is 5.55. The zero-order valence-corrected chi connectivity index (χ0v) is 12.2. The highest BCUT2D eigenvalue weighted by Gasteiger charge is 2.27. The Morgan fingerprint density at radius 1 is 1.48 bits per heavy atom. The molecule has 1 fully saturated rings. The minimum atomic E-state index is -0.450. The smallest absolute Gasteiger partial charge is 0.293 e. The number of hydrogen-bond donors (Lipinski definition) is 3. The van der Waals surface area contributed by atoms with Crippen molar-refractivity contribution in [2.45, 2.75) is 44.4 Å². The van der Waals surface area contributed by atoms with Gasteiger partial charge in [-0.3, -0.25) is 20.9 Å². The molecule has 1 aromatic rings. The Hall–Kier alpha value is -1.70. The Balaban J connectivity index is 2.18. The van der Waals surface area contributed by atoms with Crippen molar-refractivity contribution in [3.05, 3.63) is 33.9 Å². The molecule has 0 bridgehead atoms. The van der Waals surface area contributed by atoms with Gasteiger partial charge in [-0.15, -0.1) is 0 Å². The quantitative estimate of drug-likeness (QED) is 0.433. The van der Waals surface area contributed by atoms with Crippen LogP contribution >= 0.6 is 0 Å². The fraction of sp³-hybridized carbons (Fsp3) is 0.571. The summed E-state index contributed by atoms with van der Waals surface area (Å²) in [5.41, 5.74) is 3.49. The summed E-state index contributed by atoms with van der Waals surface area (Å²) in [5.74, 6) is 5.45. The van der Waals surface area contributed by atoms with Crippen LogP contribution in [0.15, 0.2) is 18.2 Å². The largest absolute Gasteiger partial charge is 0.391 e. The van der Waals surface area contributed by atoms with Crippen molar-refractivity contribution in [3.63, 3.8) is 0 Å². The van der Waals surface area contributed by atoms with Crippen molar-refractivity contribution in [1.82, 2.24) is 4.90 Å². The lowest BCUT2D eigenvalue weighted by atomic mass is 9.91. The Labute approximate surface area is 123 Å². The summed E-state index contributed by atoms with van der Waals surface area (Å²) in [6, 6.07) is 4.98. The lowest BCUT2D eigenvalue weighted by Crippen LogP contribution is -2.43. The molecular weight excluding hydrogens is 272 g/mol. The van der Waals surface area contributed by atoms with E-state index in [0.29, 0.717) is 12.2 Å². The molecular formula is C14H22N4O3. The van der Waals surface area contributed by atoms with Crippen LogP contribution in [0.25, 0.3) is 0 Å². The number of rotatable bonds is 5. The molecule has 0 aromatic heterocycles. The molecule has 2 atom stereocenters. The summed E-state index contributed by atoms with van der Waals surface area (Å²) < 4.78 is 0. The van der Waals surface area contributed by atoms with Gasteiger partial charge >= 0.3 is 0 Å². The van der Waals surface area contributed by atoms with Gasteiger partial charge in [-0.25, -0.2) is 0 Å². The molecule has 7 heteroatoms. The number of nitrogens with zero attached hydrogens (tertiary/aromatic N) is 2. The average Bonchev–Trinajstić information content (AvgIpc) is 2.47. The highest BCUT2D eigenvalue weighted by Crippen LogP contribution is 2.30. The number of nitro groups is 1. The number of nitrogen functional groups attached to an aromatic ring is 1. The molecule has 2 unspecified atom stereocenters. The number of nitrogens with one attached hydrogen (secondary N) is 1. The summed E-state index contributed by atoms with van der Waals surface area (Å²) >= 11 is 0. The molecule has 1 saturated carbocycles. The van der Waals surface area contributed by atoms with Gasteiger partial charge in [0.15, 0.2) is 0 Å². The molecule has 21 heavy (non-hydrogen) atoms. The van der Waals surface area contributed by atoms with Gasteiger partial charge in [-0.2, -0.15) is 0 Å². The summed E-state index contributed by atoms with van der Waals surface area (Å²) in [7, 11) is 1.93. The van der Waals surface area contributed by atoms with Crippen molar-refractivity contribution < 1.29 is 10.0 Å². The van der Waals surface area contributed by atoms with Gasteiger partial charge in [-0.1, -0.05) is 25.0 Å². The molecule has 1 aliphatic carbocycles. The van der Waals surface area contributed by atoms with Crippen LogP contribution < -0.4 is 11.3 Å². The molecule has 4 N–H and O–H groups in total. The van der Waals surface area contributed by atoms with E-state index in [9.17, 15) is 15.2 Å². The van der Waals surface area contributed by atoms with E-state index in [2.05, 4.69) is 5.43 Å². The third-order valence-corrected chi connectivity index (χ3v) is 4.15. The number of anilines is 1. The lowest BCUT2D eigenvalue weighted by molar-refractivity contribution is -0.384. The van der Waals surface area contributed by atoms with Gasteiger partial charge in [0.05, 0.1) is 11.0 Å². The number of para-hydroxylation sites is 1. The Morgan fingerprint density at radius 3 is 2.81 bits per heavy atom. The summed E-state index contributed by atoms with van der Waals surface area (Å²) in [4.78, 5) is 12.6. The first-order valence-electron chi connectivity index (χ1n) is 7.15. The van der Waals surface area contributed by atoms with Gasteiger partial charge in [0.1, 0.15) is 5.69 Å². The second kappa shape index (κ2) is 6.84. The van der Waals surface area contributed by atoms with Crippen LogP contribution in [0.3, 0.4) is 0 Å². The van der Waals surface area contributed by atoms with E-state index < -0.39 is 4.92 Å². The first-order valence-corrected chi connectivity index (χ1v) is 7.15. The normalized spacial score (nSPS) is 22.3. The first-order chi connectivity index (χ1) is 10.0. The second-order valence-corrected chi connectivity index (χ2v) is 5.55. The van der Waals surface area contributed by atoms with Crippen LogP contribution in [-0.2, 0) is 6.54 Å². The molecule has 7 nitrogen and oxygen atoms in total. The maximum atomic E-state index is 11.0. The summed E-state index contributed by atoms with van der Waals surface area (Å²) in [5, 5.41) is 21.1. The molecule has 0 amide bonds. The zero-order chi connectivity index (χ0) is 15.4. The monoisotopic (exact) mass is 294 g/mol. The van der Waals surface area contributed by atoms with E-state index in [1.165, 1.54) is 6.07 Å². The number of benzene rings is 1. The van der Waals surface area contributed by atoms with Crippen molar-refractivity contribution >= 4 is 11.4 Å². The number of hydrazine groups is 1. The van der Waals surface area contributed by atoms with E-state index >= 15 is 0 Å². The lowest BCUT2D eigenvalue weighted by Gasteiger charge is -2.35. The van der Waals surface area contributed by atoms with E-state index in [4.69, 9.17) is 5.84 Å². The number of nitrogens with two attached hydrogens (primary N) is 1. The van der Waals surface area contributed by atoms with Crippen LogP contribution in [0.4, 0.5) is 11.4 Å². The molecule has 1 aliphatic rings. The molecule has 116 valence electrons. The van der Waals surface area contributed by atoms with Crippen molar-refractivity contribution in [3.8, 4) is 0 Å². The number of nitro benzene ring substituents is 1.